The third-order valence-corrected chi connectivity index (χ3v) is 3.58. The maximum Gasteiger partial charge on any atom is 0.175 e. The number of unbranched alkanes of at least 4 members (excludes halogenated alkanes) is 3. The molecule has 0 amide bonds. The van der Waals surface area contributed by atoms with Crippen molar-refractivity contribution in [2.24, 2.45) is 5.73 Å². The van der Waals surface area contributed by atoms with Crippen LogP contribution in [0.3, 0.4) is 0 Å². The zero-order valence-electron chi connectivity index (χ0n) is 11.4. The molecule has 3 nitrogen and oxygen atoms in total. The summed E-state index contributed by atoms with van der Waals surface area (Å²) in [6, 6.07) is 3.65. The van der Waals surface area contributed by atoms with E-state index >= 15 is 0 Å². The van der Waals surface area contributed by atoms with Gasteiger partial charge >= 0.3 is 0 Å². The molecule has 1 rings (SSSR count). The number of hydrogen-bond donors (Lipinski definition) is 1. The van der Waals surface area contributed by atoms with Crippen LogP contribution in [0.15, 0.2) is 16.6 Å². The molecule has 19 heavy (non-hydrogen) atoms. The molecule has 1 aromatic rings. The first kappa shape index (κ1) is 16.2. The number of thiocarbonyl (C=S) groups is 1. The number of ether oxygens (including phenoxy) is 2. The van der Waals surface area contributed by atoms with Crippen LogP contribution in [0.1, 0.15) is 38.2 Å². The minimum atomic E-state index is 0.341. The van der Waals surface area contributed by atoms with Gasteiger partial charge in [-0.25, -0.2) is 0 Å². The molecule has 0 bridgehead atoms. The molecular formula is C14H20BrNO2S. The molecule has 0 heterocycles. The van der Waals surface area contributed by atoms with Crippen molar-refractivity contribution in [3.05, 3.63) is 22.2 Å². The maximum absolute atomic E-state index is 5.78. The first-order valence-electron chi connectivity index (χ1n) is 6.40. The number of hydrogen-bond acceptors (Lipinski definition) is 3. The Bertz CT molecular complexity index is 438. The molecule has 5 heteroatoms. The average molecular weight is 346 g/mol. The van der Waals surface area contributed by atoms with Crippen LogP contribution in [-0.2, 0) is 0 Å². The van der Waals surface area contributed by atoms with Crippen molar-refractivity contribution in [2.45, 2.75) is 32.6 Å². The Labute approximate surface area is 128 Å². The number of methoxy groups -OCH3 is 1. The van der Waals surface area contributed by atoms with Gasteiger partial charge in [0.05, 0.1) is 18.2 Å². The highest BCUT2D eigenvalue weighted by Gasteiger charge is 2.12. The second kappa shape index (κ2) is 8.38. The van der Waals surface area contributed by atoms with Crippen molar-refractivity contribution in [3.8, 4) is 11.5 Å². The Morgan fingerprint density at radius 1 is 1.32 bits per heavy atom. The van der Waals surface area contributed by atoms with Crippen molar-refractivity contribution in [2.75, 3.05) is 13.7 Å². The molecule has 0 saturated heterocycles. The summed E-state index contributed by atoms with van der Waals surface area (Å²) in [6.07, 6.45) is 4.68. The Morgan fingerprint density at radius 3 is 2.63 bits per heavy atom. The molecule has 106 valence electrons. The van der Waals surface area contributed by atoms with E-state index in [2.05, 4.69) is 22.9 Å². The quantitative estimate of drug-likeness (QED) is 0.570. The number of benzene rings is 1. The predicted octanol–water partition coefficient (Wildman–Crippen LogP) is 4.05. The van der Waals surface area contributed by atoms with E-state index in [0.717, 1.165) is 16.5 Å². The molecule has 0 aromatic heterocycles. The summed E-state index contributed by atoms with van der Waals surface area (Å²) in [7, 11) is 1.61. The van der Waals surface area contributed by atoms with Crippen LogP contribution >= 0.6 is 28.1 Å². The van der Waals surface area contributed by atoms with Gasteiger partial charge < -0.3 is 15.2 Å². The van der Waals surface area contributed by atoms with Crippen LogP contribution in [0.4, 0.5) is 0 Å². The number of rotatable bonds is 8. The first-order valence-corrected chi connectivity index (χ1v) is 7.60. The topological polar surface area (TPSA) is 44.5 Å². The normalized spacial score (nSPS) is 10.3. The predicted molar refractivity (Wildman–Crippen MR) is 86.2 cm³/mol. The van der Waals surface area contributed by atoms with Crippen LogP contribution in [-0.4, -0.2) is 18.7 Å². The monoisotopic (exact) mass is 345 g/mol. The van der Waals surface area contributed by atoms with Gasteiger partial charge in [-0.15, -0.1) is 0 Å². The van der Waals surface area contributed by atoms with Gasteiger partial charge in [-0.2, -0.15) is 0 Å². The second-order valence-corrected chi connectivity index (χ2v) is 5.56. The third kappa shape index (κ3) is 4.99. The molecule has 0 aliphatic heterocycles. The summed E-state index contributed by atoms with van der Waals surface area (Å²) < 4.78 is 11.9. The molecule has 0 radical (unpaired) electrons. The van der Waals surface area contributed by atoms with Gasteiger partial charge in [-0.1, -0.05) is 38.4 Å². The lowest BCUT2D eigenvalue weighted by molar-refractivity contribution is 0.283. The summed E-state index contributed by atoms with van der Waals surface area (Å²) >= 11 is 8.44. The molecular weight excluding hydrogens is 326 g/mol. The summed E-state index contributed by atoms with van der Waals surface area (Å²) in [5.74, 6) is 1.35. The Morgan fingerprint density at radius 2 is 2.05 bits per heavy atom. The largest absolute Gasteiger partial charge is 0.493 e. The van der Waals surface area contributed by atoms with E-state index in [1.165, 1.54) is 19.3 Å². The van der Waals surface area contributed by atoms with Crippen LogP contribution < -0.4 is 15.2 Å². The maximum atomic E-state index is 5.78. The smallest absolute Gasteiger partial charge is 0.175 e. The molecule has 0 aliphatic rings. The number of nitrogens with two attached hydrogens (primary N) is 1. The third-order valence-electron chi connectivity index (χ3n) is 2.76. The van der Waals surface area contributed by atoms with E-state index in [4.69, 9.17) is 27.4 Å². The fourth-order valence-electron chi connectivity index (χ4n) is 1.71. The molecule has 0 fully saturated rings. The second-order valence-electron chi connectivity index (χ2n) is 4.26. The summed E-state index contributed by atoms with van der Waals surface area (Å²) in [5, 5.41) is 0. The van der Waals surface area contributed by atoms with Crippen molar-refractivity contribution in [1.29, 1.82) is 0 Å². The van der Waals surface area contributed by atoms with Gasteiger partial charge in [0.1, 0.15) is 4.99 Å². The van der Waals surface area contributed by atoms with E-state index < -0.39 is 0 Å². The highest BCUT2D eigenvalue weighted by molar-refractivity contribution is 9.10. The molecule has 0 saturated carbocycles. The van der Waals surface area contributed by atoms with Gasteiger partial charge in [-0.3, -0.25) is 0 Å². The lowest BCUT2D eigenvalue weighted by Crippen LogP contribution is -2.10. The fourth-order valence-corrected chi connectivity index (χ4v) is 2.38. The lowest BCUT2D eigenvalue weighted by atomic mass is 10.2. The van der Waals surface area contributed by atoms with Crippen LogP contribution in [0.2, 0.25) is 0 Å². The molecule has 0 aliphatic carbocycles. The van der Waals surface area contributed by atoms with Crippen LogP contribution in [0, 0.1) is 0 Å². The summed E-state index contributed by atoms with van der Waals surface area (Å²) in [5.41, 5.74) is 6.39. The van der Waals surface area contributed by atoms with Gasteiger partial charge in [0.25, 0.3) is 0 Å². The van der Waals surface area contributed by atoms with E-state index in [1.54, 1.807) is 13.2 Å². The van der Waals surface area contributed by atoms with Gasteiger partial charge in [0.15, 0.2) is 11.5 Å². The highest BCUT2D eigenvalue weighted by Crippen LogP contribution is 2.36. The summed E-state index contributed by atoms with van der Waals surface area (Å²) in [6.45, 7) is 2.87. The van der Waals surface area contributed by atoms with Crippen LogP contribution in [0.5, 0.6) is 11.5 Å². The zero-order chi connectivity index (χ0) is 14.3. The molecule has 0 spiro atoms. The van der Waals surface area contributed by atoms with Crippen molar-refractivity contribution < 1.29 is 9.47 Å². The highest BCUT2D eigenvalue weighted by atomic mass is 79.9. The molecule has 1 aromatic carbocycles. The minimum Gasteiger partial charge on any atom is -0.493 e. The van der Waals surface area contributed by atoms with Crippen molar-refractivity contribution >= 4 is 33.1 Å². The summed E-state index contributed by atoms with van der Waals surface area (Å²) in [4.78, 5) is 0.341. The van der Waals surface area contributed by atoms with Crippen molar-refractivity contribution in [3.63, 3.8) is 0 Å². The standard InChI is InChI=1S/C14H20BrNO2S/c1-3-4-5-6-7-18-13-11(15)8-10(14(16)19)9-12(13)17-2/h8-9H,3-7H2,1-2H3,(H2,16,19). The SMILES string of the molecule is CCCCCCOc1c(Br)cc(C(N)=S)cc1OC. The molecule has 0 atom stereocenters. The molecule has 0 unspecified atom stereocenters. The Kier molecular flexibility index (Phi) is 7.16. The first-order chi connectivity index (χ1) is 9.10. The fraction of sp³-hybridized carbons (Fsp3) is 0.500. The van der Waals surface area contributed by atoms with E-state index in [9.17, 15) is 0 Å². The Hall–Kier alpha value is -0.810. The van der Waals surface area contributed by atoms with E-state index in [0.29, 0.717) is 23.1 Å². The average Bonchev–Trinajstić information content (AvgIpc) is 2.39. The van der Waals surface area contributed by atoms with Gasteiger partial charge in [0, 0.05) is 5.56 Å². The zero-order valence-corrected chi connectivity index (χ0v) is 13.8. The van der Waals surface area contributed by atoms with E-state index in [1.807, 2.05) is 6.07 Å². The van der Waals surface area contributed by atoms with Crippen molar-refractivity contribution in [1.82, 2.24) is 0 Å². The Balaban J connectivity index is 2.74. The lowest BCUT2D eigenvalue weighted by Gasteiger charge is -2.14. The molecule has 2 N–H and O–H groups in total. The van der Waals surface area contributed by atoms with Gasteiger partial charge in [-0.05, 0) is 34.5 Å². The van der Waals surface area contributed by atoms with Crippen LogP contribution in [0.25, 0.3) is 0 Å². The van der Waals surface area contributed by atoms with Gasteiger partial charge in [0.2, 0.25) is 0 Å². The number of halogens is 1. The minimum absolute atomic E-state index is 0.341. The van der Waals surface area contributed by atoms with E-state index in [-0.39, 0.29) is 0 Å².